The van der Waals surface area contributed by atoms with Crippen LogP contribution in [0.1, 0.15) is 56.9 Å². The van der Waals surface area contributed by atoms with Crippen LogP contribution in [0, 0.1) is 36.3 Å². The van der Waals surface area contributed by atoms with E-state index >= 15 is 0 Å². The van der Waals surface area contributed by atoms with E-state index in [1.165, 1.54) is 19.1 Å². The molecule has 2 atom stereocenters. The normalized spacial score (nSPS) is 27.2. The number of benzene rings is 1. The molecule has 0 bridgehead atoms. The fraction of sp³-hybridized carbons (Fsp3) is 0.625. The maximum absolute atomic E-state index is 13.9. The molecular formula is C24H30F4O3. The molecule has 7 heteroatoms. The predicted molar refractivity (Wildman–Crippen MR) is 109 cm³/mol. The number of carbonyl (C=O) groups is 1. The van der Waals surface area contributed by atoms with Gasteiger partial charge in [-0.2, -0.15) is 4.39 Å². The summed E-state index contributed by atoms with van der Waals surface area (Å²) >= 11 is 0. The summed E-state index contributed by atoms with van der Waals surface area (Å²) < 4.78 is 64.2. The average Bonchev–Trinajstić information content (AvgIpc) is 2.78. The number of esters is 1. The molecule has 3 rings (SSSR count). The Bertz CT molecular complexity index is 779. The molecule has 3 nitrogen and oxygen atoms in total. The first kappa shape index (κ1) is 23.8. The third-order valence-corrected chi connectivity index (χ3v) is 6.47. The molecule has 0 spiro atoms. The zero-order chi connectivity index (χ0) is 22.4. The van der Waals surface area contributed by atoms with Crippen LogP contribution in [0.25, 0.3) is 0 Å². The Balaban J connectivity index is 1.44. The Hall–Kier alpha value is -1.89. The highest BCUT2D eigenvalue weighted by Gasteiger charge is 2.34. The highest BCUT2D eigenvalue weighted by Crippen LogP contribution is 2.39. The summed E-state index contributed by atoms with van der Waals surface area (Å²) in [5.41, 5.74) is 0.141. The van der Waals surface area contributed by atoms with Gasteiger partial charge in [0, 0.05) is 6.42 Å². The van der Waals surface area contributed by atoms with Gasteiger partial charge < -0.3 is 9.47 Å². The molecule has 1 aliphatic heterocycles. The van der Waals surface area contributed by atoms with Crippen LogP contribution in [-0.2, 0) is 9.53 Å². The van der Waals surface area contributed by atoms with Crippen LogP contribution in [0.15, 0.2) is 24.0 Å². The second kappa shape index (κ2) is 11.1. The standard InChI is InChI=1S/C24H30F4O3/c1-15-4-10-20(23(28)22(15)27)31-24(29)21-11-9-18(14-30-21)17-7-5-16(6-8-17)13-19(26)3-2-12-25/h4,10,13,16-18,21H,2-3,5-9,11-12,14H2,1H3/b19-13-. The first-order valence-electron chi connectivity index (χ1n) is 11.1. The summed E-state index contributed by atoms with van der Waals surface area (Å²) in [6.45, 7) is 1.35. The molecule has 1 saturated heterocycles. The number of hydrogen-bond acceptors (Lipinski definition) is 3. The minimum absolute atomic E-state index is 0.141. The number of ether oxygens (including phenoxy) is 2. The van der Waals surface area contributed by atoms with E-state index in [0.717, 1.165) is 32.1 Å². The second-order valence-corrected chi connectivity index (χ2v) is 8.67. The Labute approximate surface area is 180 Å². The fourth-order valence-corrected chi connectivity index (χ4v) is 4.57. The molecule has 2 aliphatic rings. The van der Waals surface area contributed by atoms with E-state index in [1.807, 2.05) is 0 Å². The van der Waals surface area contributed by atoms with E-state index in [-0.39, 0.29) is 30.1 Å². The van der Waals surface area contributed by atoms with Gasteiger partial charge in [0.1, 0.15) is 0 Å². The summed E-state index contributed by atoms with van der Waals surface area (Å²) in [6.07, 6.45) is 6.25. The molecule has 2 unspecified atom stereocenters. The van der Waals surface area contributed by atoms with E-state index < -0.39 is 36.1 Å². The second-order valence-electron chi connectivity index (χ2n) is 8.67. The number of allylic oxidation sites excluding steroid dienone is 2. The summed E-state index contributed by atoms with van der Waals surface area (Å²) in [7, 11) is 0. The minimum atomic E-state index is -1.17. The van der Waals surface area contributed by atoms with E-state index in [4.69, 9.17) is 9.47 Å². The quantitative estimate of drug-likeness (QED) is 0.279. The maximum atomic E-state index is 13.9. The number of rotatable bonds is 7. The Morgan fingerprint density at radius 2 is 1.81 bits per heavy atom. The van der Waals surface area contributed by atoms with Crippen molar-refractivity contribution in [3.8, 4) is 5.75 Å². The average molecular weight is 442 g/mol. The van der Waals surface area contributed by atoms with Crippen molar-refractivity contribution in [3.63, 3.8) is 0 Å². The van der Waals surface area contributed by atoms with E-state index in [2.05, 4.69) is 0 Å². The lowest BCUT2D eigenvalue weighted by Crippen LogP contribution is -2.38. The molecule has 1 aromatic carbocycles. The third-order valence-electron chi connectivity index (χ3n) is 6.47. The lowest BCUT2D eigenvalue weighted by Gasteiger charge is -2.36. The van der Waals surface area contributed by atoms with Crippen molar-refractivity contribution in [1.82, 2.24) is 0 Å². The SMILES string of the molecule is Cc1ccc(OC(=O)C2CCC(C3CCC(/C=C(\F)CCCF)CC3)CO2)c(F)c1F. The van der Waals surface area contributed by atoms with Gasteiger partial charge in [0.15, 0.2) is 17.7 Å². The first-order valence-corrected chi connectivity index (χ1v) is 11.1. The van der Waals surface area contributed by atoms with Gasteiger partial charge in [0.05, 0.1) is 19.1 Å². The van der Waals surface area contributed by atoms with Crippen LogP contribution in [0.2, 0.25) is 0 Å². The topological polar surface area (TPSA) is 35.5 Å². The summed E-state index contributed by atoms with van der Waals surface area (Å²) in [6, 6.07) is 2.60. The summed E-state index contributed by atoms with van der Waals surface area (Å²) in [5.74, 6) is -2.57. The molecule has 2 fully saturated rings. The van der Waals surface area contributed by atoms with Crippen molar-refractivity contribution < 1.29 is 31.8 Å². The minimum Gasteiger partial charge on any atom is -0.421 e. The van der Waals surface area contributed by atoms with Crippen LogP contribution < -0.4 is 4.74 Å². The molecule has 1 aliphatic carbocycles. The van der Waals surface area contributed by atoms with E-state index in [0.29, 0.717) is 24.9 Å². The molecule has 0 amide bonds. The third kappa shape index (κ3) is 6.31. The number of alkyl halides is 1. The van der Waals surface area contributed by atoms with Gasteiger partial charge in [-0.25, -0.2) is 13.6 Å². The largest absolute Gasteiger partial charge is 0.421 e. The van der Waals surface area contributed by atoms with Gasteiger partial charge in [-0.15, -0.1) is 0 Å². The monoisotopic (exact) mass is 442 g/mol. The maximum Gasteiger partial charge on any atom is 0.340 e. The van der Waals surface area contributed by atoms with E-state index in [9.17, 15) is 22.4 Å². The van der Waals surface area contributed by atoms with Gasteiger partial charge in [-0.1, -0.05) is 6.07 Å². The summed E-state index contributed by atoms with van der Waals surface area (Å²) in [4.78, 5) is 12.3. The van der Waals surface area contributed by atoms with Crippen LogP contribution in [0.4, 0.5) is 17.6 Å². The predicted octanol–water partition coefficient (Wildman–Crippen LogP) is 6.38. The molecule has 0 radical (unpaired) electrons. The molecule has 31 heavy (non-hydrogen) atoms. The Morgan fingerprint density at radius 1 is 1.10 bits per heavy atom. The van der Waals surface area contributed by atoms with Gasteiger partial charge in [0.2, 0.25) is 5.82 Å². The van der Waals surface area contributed by atoms with Gasteiger partial charge >= 0.3 is 5.97 Å². The van der Waals surface area contributed by atoms with Crippen molar-refractivity contribution in [2.75, 3.05) is 13.3 Å². The smallest absolute Gasteiger partial charge is 0.340 e. The Kier molecular flexibility index (Phi) is 8.52. The van der Waals surface area contributed by atoms with Crippen molar-refractivity contribution in [1.29, 1.82) is 0 Å². The molecule has 0 aromatic heterocycles. The lowest BCUT2D eigenvalue weighted by atomic mass is 9.73. The number of aryl methyl sites for hydroxylation is 1. The number of hydrogen-bond donors (Lipinski definition) is 0. The number of carbonyl (C=O) groups excluding carboxylic acids is 1. The molecular weight excluding hydrogens is 412 g/mol. The fourth-order valence-electron chi connectivity index (χ4n) is 4.57. The van der Waals surface area contributed by atoms with Crippen LogP contribution >= 0.6 is 0 Å². The molecule has 0 N–H and O–H groups in total. The number of halogens is 4. The lowest BCUT2D eigenvalue weighted by molar-refractivity contribution is -0.153. The van der Waals surface area contributed by atoms with Crippen molar-refractivity contribution >= 4 is 5.97 Å². The zero-order valence-electron chi connectivity index (χ0n) is 17.8. The first-order chi connectivity index (χ1) is 14.9. The van der Waals surface area contributed by atoms with Crippen molar-refractivity contribution in [2.45, 2.75) is 64.4 Å². The van der Waals surface area contributed by atoms with Crippen LogP contribution in [-0.4, -0.2) is 25.4 Å². The Morgan fingerprint density at radius 3 is 2.45 bits per heavy atom. The molecule has 1 aromatic rings. The molecule has 1 saturated carbocycles. The van der Waals surface area contributed by atoms with Gasteiger partial charge in [0.25, 0.3) is 0 Å². The zero-order valence-corrected chi connectivity index (χ0v) is 17.8. The highest BCUT2D eigenvalue weighted by molar-refractivity contribution is 5.77. The summed E-state index contributed by atoms with van der Waals surface area (Å²) in [5, 5.41) is 0. The molecule has 172 valence electrons. The van der Waals surface area contributed by atoms with Gasteiger partial charge in [-0.3, -0.25) is 4.39 Å². The van der Waals surface area contributed by atoms with E-state index in [1.54, 1.807) is 6.08 Å². The van der Waals surface area contributed by atoms with Crippen molar-refractivity contribution in [3.05, 3.63) is 41.2 Å². The molecule has 1 heterocycles. The van der Waals surface area contributed by atoms with Crippen molar-refractivity contribution in [2.24, 2.45) is 17.8 Å². The van der Waals surface area contributed by atoms with Crippen LogP contribution in [0.3, 0.4) is 0 Å². The van der Waals surface area contributed by atoms with Crippen LogP contribution in [0.5, 0.6) is 5.75 Å². The van der Waals surface area contributed by atoms with Gasteiger partial charge in [-0.05, 0) is 87.3 Å². The highest BCUT2D eigenvalue weighted by atomic mass is 19.2.